The lowest BCUT2D eigenvalue weighted by Crippen LogP contribution is -2.53. The van der Waals surface area contributed by atoms with Gasteiger partial charge in [-0.15, -0.1) is 6.58 Å². The molecule has 1 saturated heterocycles. The van der Waals surface area contributed by atoms with Crippen molar-refractivity contribution < 1.29 is 23.2 Å². The zero-order valence-electron chi connectivity index (χ0n) is 17.5. The number of carbonyl (C=O) groups excluding carboxylic acids is 3. The van der Waals surface area contributed by atoms with E-state index >= 15 is 0 Å². The topological polar surface area (TPSA) is 78.5 Å². The largest absolute Gasteiger partial charge is 0.351 e. The van der Waals surface area contributed by atoms with Gasteiger partial charge in [-0.05, 0) is 61.2 Å². The molecule has 0 radical (unpaired) electrons. The first kappa shape index (κ1) is 23.1. The molecule has 1 atom stereocenters. The third kappa shape index (κ3) is 5.78. The molecule has 2 N–H and O–H groups in total. The Balaban J connectivity index is 1.68. The van der Waals surface area contributed by atoms with Crippen molar-refractivity contribution >= 4 is 17.7 Å². The Kier molecular flexibility index (Phi) is 7.70. The van der Waals surface area contributed by atoms with E-state index in [1.165, 1.54) is 48.5 Å². The molecule has 2 aromatic carbocycles. The fourth-order valence-electron chi connectivity index (χ4n) is 3.75. The third-order valence-electron chi connectivity index (χ3n) is 5.47. The standard InChI is InChI=1S/C24H25F2N3O3/c1-2-12-27-23(31)21(28-22(30)17-6-8-19(25)9-7-17)16-10-13-29(14-11-16)24(32)18-4-3-5-20(26)15-18/h2-9,15-16,21H,1,10-14H2,(H,27,31)(H,28,30). The fourth-order valence-corrected chi connectivity index (χ4v) is 3.75. The number of likely N-dealkylation sites (tertiary alicyclic amines) is 1. The van der Waals surface area contributed by atoms with Gasteiger partial charge in [-0.2, -0.15) is 0 Å². The van der Waals surface area contributed by atoms with E-state index < -0.39 is 23.6 Å². The van der Waals surface area contributed by atoms with Gasteiger partial charge in [0, 0.05) is 30.8 Å². The van der Waals surface area contributed by atoms with Crippen molar-refractivity contribution in [3.05, 3.63) is 83.9 Å². The van der Waals surface area contributed by atoms with Crippen molar-refractivity contribution in [3.8, 4) is 0 Å². The minimum atomic E-state index is -0.820. The average molecular weight is 441 g/mol. The minimum Gasteiger partial charge on any atom is -0.351 e. The van der Waals surface area contributed by atoms with Gasteiger partial charge in [0.05, 0.1) is 0 Å². The van der Waals surface area contributed by atoms with Crippen molar-refractivity contribution in [2.24, 2.45) is 5.92 Å². The second-order valence-corrected chi connectivity index (χ2v) is 7.63. The molecule has 32 heavy (non-hydrogen) atoms. The summed E-state index contributed by atoms with van der Waals surface area (Å²) in [6, 6.07) is 9.76. The van der Waals surface area contributed by atoms with E-state index in [4.69, 9.17) is 0 Å². The van der Waals surface area contributed by atoms with Crippen LogP contribution in [0.15, 0.2) is 61.2 Å². The van der Waals surface area contributed by atoms with Crippen LogP contribution < -0.4 is 10.6 Å². The van der Waals surface area contributed by atoms with E-state index in [1.807, 2.05) is 0 Å². The number of piperidine rings is 1. The Morgan fingerprint density at radius 2 is 1.72 bits per heavy atom. The number of hydrogen-bond donors (Lipinski definition) is 2. The van der Waals surface area contributed by atoms with E-state index in [-0.39, 0.29) is 35.4 Å². The lowest BCUT2D eigenvalue weighted by Gasteiger charge is -2.35. The Morgan fingerprint density at radius 1 is 1.03 bits per heavy atom. The summed E-state index contributed by atoms with van der Waals surface area (Å²) in [5.74, 6) is -2.26. The van der Waals surface area contributed by atoms with Gasteiger partial charge in [-0.25, -0.2) is 8.78 Å². The number of rotatable bonds is 7. The van der Waals surface area contributed by atoms with E-state index in [0.717, 1.165) is 0 Å². The molecule has 0 spiro atoms. The molecular formula is C24H25F2N3O3. The summed E-state index contributed by atoms with van der Waals surface area (Å²) in [7, 11) is 0. The molecule has 0 bridgehead atoms. The van der Waals surface area contributed by atoms with E-state index in [2.05, 4.69) is 17.2 Å². The van der Waals surface area contributed by atoms with E-state index in [0.29, 0.717) is 25.9 Å². The van der Waals surface area contributed by atoms with Crippen LogP contribution in [0.3, 0.4) is 0 Å². The lowest BCUT2D eigenvalue weighted by atomic mass is 9.88. The SMILES string of the molecule is C=CCNC(=O)C(NC(=O)c1ccc(F)cc1)C1CCN(C(=O)c2cccc(F)c2)CC1. The van der Waals surface area contributed by atoms with Gasteiger partial charge in [0.2, 0.25) is 5.91 Å². The fraction of sp³-hybridized carbons (Fsp3) is 0.292. The number of nitrogens with zero attached hydrogens (tertiary/aromatic N) is 1. The summed E-state index contributed by atoms with van der Waals surface area (Å²) >= 11 is 0. The number of nitrogens with one attached hydrogen (secondary N) is 2. The van der Waals surface area contributed by atoms with Crippen LogP contribution in [0.4, 0.5) is 8.78 Å². The summed E-state index contributed by atoms with van der Waals surface area (Å²) in [6.07, 6.45) is 2.50. The van der Waals surface area contributed by atoms with Gasteiger partial charge in [0.15, 0.2) is 0 Å². The lowest BCUT2D eigenvalue weighted by molar-refractivity contribution is -0.124. The molecular weight excluding hydrogens is 416 g/mol. The predicted molar refractivity (Wildman–Crippen MR) is 116 cm³/mol. The Morgan fingerprint density at radius 3 is 2.34 bits per heavy atom. The number of amides is 3. The van der Waals surface area contributed by atoms with Crippen LogP contribution >= 0.6 is 0 Å². The second-order valence-electron chi connectivity index (χ2n) is 7.63. The highest BCUT2D eigenvalue weighted by atomic mass is 19.1. The predicted octanol–water partition coefficient (Wildman–Crippen LogP) is 2.92. The zero-order valence-corrected chi connectivity index (χ0v) is 17.5. The number of carbonyl (C=O) groups is 3. The second kappa shape index (κ2) is 10.7. The monoisotopic (exact) mass is 441 g/mol. The maximum Gasteiger partial charge on any atom is 0.253 e. The van der Waals surface area contributed by atoms with Crippen LogP contribution in [0.25, 0.3) is 0 Å². The molecule has 6 nitrogen and oxygen atoms in total. The zero-order chi connectivity index (χ0) is 23.1. The summed E-state index contributed by atoms with van der Waals surface area (Å²) in [5, 5.41) is 5.46. The minimum absolute atomic E-state index is 0.208. The molecule has 1 unspecified atom stereocenters. The molecule has 168 valence electrons. The van der Waals surface area contributed by atoms with Crippen molar-refractivity contribution in [3.63, 3.8) is 0 Å². The van der Waals surface area contributed by atoms with Gasteiger partial charge >= 0.3 is 0 Å². The molecule has 3 rings (SSSR count). The normalized spacial score (nSPS) is 15.0. The van der Waals surface area contributed by atoms with Gasteiger partial charge in [-0.3, -0.25) is 14.4 Å². The van der Waals surface area contributed by atoms with Crippen LogP contribution in [0.5, 0.6) is 0 Å². The molecule has 3 amide bonds. The van der Waals surface area contributed by atoms with Crippen molar-refractivity contribution in [1.29, 1.82) is 0 Å². The average Bonchev–Trinajstić information content (AvgIpc) is 2.81. The van der Waals surface area contributed by atoms with Gasteiger partial charge in [-0.1, -0.05) is 12.1 Å². The van der Waals surface area contributed by atoms with E-state index in [9.17, 15) is 23.2 Å². The first-order valence-corrected chi connectivity index (χ1v) is 10.4. The molecule has 0 saturated carbocycles. The number of hydrogen-bond acceptors (Lipinski definition) is 3. The van der Waals surface area contributed by atoms with Crippen molar-refractivity contribution in [1.82, 2.24) is 15.5 Å². The maximum atomic E-state index is 13.5. The Labute approximate surface area is 185 Å². The van der Waals surface area contributed by atoms with Crippen LogP contribution in [0.2, 0.25) is 0 Å². The van der Waals surface area contributed by atoms with Crippen LogP contribution in [0.1, 0.15) is 33.6 Å². The van der Waals surface area contributed by atoms with Crippen molar-refractivity contribution in [2.75, 3.05) is 19.6 Å². The quantitative estimate of drug-likeness (QED) is 0.649. The molecule has 1 aliphatic rings. The highest BCUT2D eigenvalue weighted by molar-refractivity contribution is 5.97. The molecule has 0 aliphatic carbocycles. The smallest absolute Gasteiger partial charge is 0.253 e. The van der Waals surface area contributed by atoms with Gasteiger partial charge in [0.1, 0.15) is 17.7 Å². The first-order valence-electron chi connectivity index (χ1n) is 10.4. The third-order valence-corrected chi connectivity index (χ3v) is 5.47. The van der Waals surface area contributed by atoms with E-state index in [1.54, 1.807) is 11.0 Å². The Hall–Kier alpha value is -3.55. The summed E-state index contributed by atoms with van der Waals surface area (Å²) in [5.41, 5.74) is 0.514. The number of halogens is 2. The van der Waals surface area contributed by atoms with Crippen LogP contribution in [-0.4, -0.2) is 48.3 Å². The van der Waals surface area contributed by atoms with Crippen LogP contribution in [-0.2, 0) is 4.79 Å². The first-order chi connectivity index (χ1) is 15.4. The molecule has 1 heterocycles. The van der Waals surface area contributed by atoms with Gasteiger partial charge < -0.3 is 15.5 Å². The maximum absolute atomic E-state index is 13.5. The molecule has 2 aromatic rings. The van der Waals surface area contributed by atoms with Crippen molar-refractivity contribution in [2.45, 2.75) is 18.9 Å². The van der Waals surface area contributed by atoms with Gasteiger partial charge in [0.25, 0.3) is 11.8 Å². The molecule has 1 aliphatic heterocycles. The Bertz CT molecular complexity index is 986. The van der Waals surface area contributed by atoms with Crippen LogP contribution in [0, 0.1) is 17.6 Å². The molecule has 1 fully saturated rings. The summed E-state index contributed by atoms with van der Waals surface area (Å²) in [4.78, 5) is 39.7. The molecule has 8 heteroatoms. The highest BCUT2D eigenvalue weighted by Crippen LogP contribution is 2.23. The summed E-state index contributed by atoms with van der Waals surface area (Å²) in [6.45, 7) is 4.57. The number of benzene rings is 2. The molecule has 0 aromatic heterocycles. The summed E-state index contributed by atoms with van der Waals surface area (Å²) < 4.78 is 26.6. The highest BCUT2D eigenvalue weighted by Gasteiger charge is 2.34.